The maximum atomic E-state index is 2.55. The van der Waals surface area contributed by atoms with Crippen LogP contribution in [0.4, 0.5) is 0 Å². The first-order valence-corrected chi connectivity index (χ1v) is 14.3. The average molecular weight is 325 g/mol. The summed E-state index contributed by atoms with van der Waals surface area (Å²) in [5.41, 5.74) is 1.71. The second-order valence-electron chi connectivity index (χ2n) is 8.81. The topological polar surface area (TPSA) is 0 Å². The van der Waals surface area contributed by atoms with Crippen LogP contribution in [0, 0.1) is 0 Å². The molecule has 0 fully saturated rings. The van der Waals surface area contributed by atoms with Gasteiger partial charge < -0.3 is 0 Å². The highest BCUT2D eigenvalue weighted by molar-refractivity contribution is 7.16. The Morgan fingerprint density at radius 2 is 1.09 bits per heavy atom. The molecule has 22 heavy (non-hydrogen) atoms. The molecule has 1 aliphatic rings. The summed E-state index contributed by atoms with van der Waals surface area (Å²) in [7, 11) is -3.16. The molecule has 116 valence electrons. The average Bonchev–Trinajstić information content (AvgIpc) is 2.44. The normalized spacial score (nSPS) is 18.5. The SMILES string of the molecule is CC(C)(C)c1ccc2c(c1)[Si](C)(C)c1ccccc1[Si]2(C)C. The summed E-state index contributed by atoms with van der Waals surface area (Å²) in [6.45, 7) is 17.1. The molecule has 0 aromatic heterocycles. The van der Waals surface area contributed by atoms with Crippen molar-refractivity contribution in [3.63, 3.8) is 0 Å². The minimum atomic E-state index is -1.60. The molecule has 1 aliphatic heterocycles. The highest BCUT2D eigenvalue weighted by Crippen LogP contribution is 2.23. The Balaban J connectivity index is 2.33. The van der Waals surface area contributed by atoms with Gasteiger partial charge in [0.05, 0.1) is 0 Å². The zero-order valence-corrected chi connectivity index (χ0v) is 17.0. The minimum absolute atomic E-state index is 0.224. The van der Waals surface area contributed by atoms with Crippen molar-refractivity contribution in [2.75, 3.05) is 0 Å². The van der Waals surface area contributed by atoms with E-state index in [0.29, 0.717) is 0 Å². The fraction of sp³-hybridized carbons (Fsp3) is 0.400. The maximum absolute atomic E-state index is 2.55. The Bertz CT molecular complexity index is 734. The van der Waals surface area contributed by atoms with Crippen LogP contribution in [-0.4, -0.2) is 16.1 Å². The van der Waals surface area contributed by atoms with E-state index >= 15 is 0 Å². The summed E-state index contributed by atoms with van der Waals surface area (Å²) in [6.07, 6.45) is 0. The molecule has 0 radical (unpaired) electrons. The molecule has 1 heterocycles. The maximum Gasteiger partial charge on any atom is 0.111 e. The summed E-state index contributed by atoms with van der Waals surface area (Å²) in [4.78, 5) is 0. The van der Waals surface area contributed by atoms with Crippen LogP contribution in [0.25, 0.3) is 0 Å². The molecule has 0 aliphatic carbocycles. The smallest absolute Gasteiger partial charge is 0.0627 e. The third kappa shape index (κ3) is 2.16. The molecule has 0 saturated heterocycles. The Labute approximate surface area is 137 Å². The molecule has 0 bridgehead atoms. The highest BCUT2D eigenvalue weighted by Gasteiger charge is 2.43. The van der Waals surface area contributed by atoms with Gasteiger partial charge in [0.1, 0.15) is 16.1 Å². The molecule has 2 aromatic rings. The van der Waals surface area contributed by atoms with Crippen molar-refractivity contribution >= 4 is 36.9 Å². The first-order valence-electron chi connectivity index (χ1n) is 8.32. The third-order valence-electron chi connectivity index (χ3n) is 5.51. The molecule has 2 aromatic carbocycles. The summed E-state index contributed by atoms with van der Waals surface area (Å²) in [5.74, 6) is 0. The van der Waals surface area contributed by atoms with Crippen molar-refractivity contribution in [2.45, 2.75) is 52.4 Å². The van der Waals surface area contributed by atoms with E-state index < -0.39 is 16.1 Å². The Hall–Kier alpha value is -1.13. The van der Waals surface area contributed by atoms with Crippen molar-refractivity contribution in [1.29, 1.82) is 0 Å². The van der Waals surface area contributed by atoms with Gasteiger partial charge in [0, 0.05) is 0 Å². The molecule has 0 amide bonds. The van der Waals surface area contributed by atoms with Crippen LogP contribution in [0.5, 0.6) is 0 Å². The van der Waals surface area contributed by atoms with Crippen LogP contribution in [0.15, 0.2) is 42.5 Å². The largest absolute Gasteiger partial charge is 0.111 e. The Morgan fingerprint density at radius 1 is 0.636 bits per heavy atom. The lowest BCUT2D eigenvalue weighted by Gasteiger charge is -2.42. The van der Waals surface area contributed by atoms with E-state index in [9.17, 15) is 0 Å². The van der Waals surface area contributed by atoms with Gasteiger partial charge in [-0.15, -0.1) is 0 Å². The third-order valence-corrected chi connectivity index (χ3v) is 13.1. The zero-order valence-electron chi connectivity index (χ0n) is 15.0. The van der Waals surface area contributed by atoms with Crippen LogP contribution in [0.1, 0.15) is 26.3 Å². The van der Waals surface area contributed by atoms with Gasteiger partial charge >= 0.3 is 0 Å². The van der Waals surface area contributed by atoms with Crippen molar-refractivity contribution < 1.29 is 0 Å². The van der Waals surface area contributed by atoms with Gasteiger partial charge in [-0.2, -0.15) is 0 Å². The van der Waals surface area contributed by atoms with E-state index in [1.807, 2.05) is 0 Å². The minimum Gasteiger partial charge on any atom is -0.0627 e. The molecular weight excluding hydrogens is 296 g/mol. The summed E-state index contributed by atoms with van der Waals surface area (Å²) < 4.78 is 0. The lowest BCUT2D eigenvalue weighted by molar-refractivity contribution is 0.591. The van der Waals surface area contributed by atoms with Crippen molar-refractivity contribution in [2.24, 2.45) is 0 Å². The van der Waals surface area contributed by atoms with Crippen LogP contribution in [0.2, 0.25) is 26.2 Å². The predicted octanol–water partition coefficient (Wildman–Crippen LogP) is 2.94. The molecule has 0 unspecified atom stereocenters. The van der Waals surface area contributed by atoms with Gasteiger partial charge in [-0.25, -0.2) is 0 Å². The first-order chi connectivity index (χ1) is 10.1. The van der Waals surface area contributed by atoms with E-state index in [2.05, 4.69) is 89.4 Å². The van der Waals surface area contributed by atoms with Crippen molar-refractivity contribution in [3.8, 4) is 0 Å². The number of hydrogen-bond acceptors (Lipinski definition) is 0. The number of rotatable bonds is 0. The number of fused-ring (bicyclic) bond motifs is 2. The first kappa shape index (κ1) is 15.8. The lowest BCUT2D eigenvalue weighted by atomic mass is 9.87. The van der Waals surface area contributed by atoms with Gasteiger partial charge in [0.25, 0.3) is 0 Å². The number of hydrogen-bond donors (Lipinski definition) is 0. The monoisotopic (exact) mass is 324 g/mol. The zero-order chi connectivity index (χ0) is 16.3. The van der Waals surface area contributed by atoms with Gasteiger partial charge in [-0.05, 0) is 11.0 Å². The van der Waals surface area contributed by atoms with E-state index in [-0.39, 0.29) is 5.41 Å². The van der Waals surface area contributed by atoms with Gasteiger partial charge in [0.2, 0.25) is 0 Å². The summed E-state index contributed by atoms with van der Waals surface area (Å²) >= 11 is 0. The van der Waals surface area contributed by atoms with E-state index in [1.165, 1.54) is 5.56 Å². The van der Waals surface area contributed by atoms with Gasteiger partial charge in [-0.3, -0.25) is 0 Å². The summed E-state index contributed by atoms with van der Waals surface area (Å²) in [5, 5.41) is 6.71. The van der Waals surface area contributed by atoms with Crippen LogP contribution in [-0.2, 0) is 5.41 Å². The Kier molecular flexibility index (Phi) is 3.36. The van der Waals surface area contributed by atoms with Crippen molar-refractivity contribution in [3.05, 3.63) is 48.0 Å². The van der Waals surface area contributed by atoms with E-state index in [4.69, 9.17) is 0 Å². The molecule has 0 N–H and O–H groups in total. The summed E-state index contributed by atoms with van der Waals surface area (Å²) in [6, 6.07) is 16.7. The fourth-order valence-electron chi connectivity index (χ4n) is 3.94. The molecule has 0 atom stereocenters. The quantitative estimate of drug-likeness (QED) is 0.654. The Morgan fingerprint density at radius 3 is 1.59 bits per heavy atom. The lowest BCUT2D eigenvalue weighted by Crippen LogP contribution is -2.77. The van der Waals surface area contributed by atoms with Gasteiger partial charge in [-0.1, -0.05) is 110 Å². The molecule has 2 heteroatoms. The standard InChI is InChI=1S/C20H28Si2/c1-20(2,3)15-12-13-18-19(14-15)22(6,7)17-11-9-8-10-16(17)21(18,4)5/h8-14H,1-7H3. The second kappa shape index (κ2) is 4.68. The number of benzene rings is 2. The van der Waals surface area contributed by atoms with Crippen LogP contribution >= 0.6 is 0 Å². The fourth-order valence-corrected chi connectivity index (χ4v) is 13.3. The highest BCUT2D eigenvalue weighted by atomic mass is 28.3. The molecule has 0 spiro atoms. The van der Waals surface area contributed by atoms with E-state index in [1.54, 1.807) is 20.7 Å². The predicted molar refractivity (Wildman–Crippen MR) is 105 cm³/mol. The molecule has 0 nitrogen and oxygen atoms in total. The van der Waals surface area contributed by atoms with E-state index in [0.717, 1.165) is 0 Å². The van der Waals surface area contributed by atoms with Gasteiger partial charge in [0.15, 0.2) is 0 Å². The second-order valence-corrected chi connectivity index (χ2v) is 17.5. The van der Waals surface area contributed by atoms with Crippen LogP contribution < -0.4 is 20.7 Å². The molecule has 0 saturated carbocycles. The molecular formula is C20H28Si2. The van der Waals surface area contributed by atoms with Crippen molar-refractivity contribution in [1.82, 2.24) is 0 Å². The van der Waals surface area contributed by atoms with Crippen LogP contribution in [0.3, 0.4) is 0 Å². The molecule has 3 rings (SSSR count).